The van der Waals surface area contributed by atoms with E-state index < -0.39 is 5.82 Å². The first-order valence-electron chi connectivity index (χ1n) is 12.5. The van der Waals surface area contributed by atoms with E-state index in [4.69, 9.17) is 9.47 Å². The van der Waals surface area contributed by atoms with Gasteiger partial charge in [0.1, 0.15) is 5.75 Å². The molecule has 2 aromatic carbocycles. The molecule has 1 unspecified atom stereocenters. The second-order valence-corrected chi connectivity index (χ2v) is 9.54. The van der Waals surface area contributed by atoms with Crippen LogP contribution in [0.4, 0.5) is 4.39 Å². The molecule has 1 N–H and O–H groups in total. The molecular weight excluding hydrogens is 445 g/mol. The third-order valence-corrected chi connectivity index (χ3v) is 6.77. The molecule has 1 aliphatic rings. The lowest BCUT2D eigenvalue weighted by Gasteiger charge is -2.20. The number of aromatic nitrogens is 1. The second-order valence-electron chi connectivity index (χ2n) is 9.54. The Bertz CT molecular complexity index is 1180. The molecule has 0 spiro atoms. The van der Waals surface area contributed by atoms with Crippen molar-refractivity contribution in [3.05, 3.63) is 48.3 Å². The van der Waals surface area contributed by atoms with Crippen molar-refractivity contribution < 1.29 is 18.7 Å². The van der Waals surface area contributed by atoms with Crippen LogP contribution in [0.3, 0.4) is 0 Å². The molecule has 0 saturated carbocycles. The topological polar surface area (TPSA) is 55.7 Å². The molecule has 1 aliphatic heterocycles. The van der Waals surface area contributed by atoms with Crippen LogP contribution in [0.2, 0.25) is 0 Å². The molecule has 2 heterocycles. The summed E-state index contributed by atoms with van der Waals surface area (Å²) in [5, 5.41) is 3.99. The van der Waals surface area contributed by atoms with Crippen LogP contribution in [0.25, 0.3) is 22.2 Å². The van der Waals surface area contributed by atoms with Crippen molar-refractivity contribution in [2.24, 2.45) is 0 Å². The maximum Gasteiger partial charge on any atom is 0.217 e. The molecule has 0 bridgehead atoms. The number of fused-ring (bicyclic) bond motifs is 1. The van der Waals surface area contributed by atoms with E-state index in [0.717, 1.165) is 40.9 Å². The van der Waals surface area contributed by atoms with Gasteiger partial charge < -0.3 is 24.3 Å². The number of carbonyl (C=O) groups excluding carboxylic acids is 1. The highest BCUT2D eigenvalue weighted by atomic mass is 19.1. The van der Waals surface area contributed by atoms with Crippen LogP contribution >= 0.6 is 0 Å². The van der Waals surface area contributed by atoms with Gasteiger partial charge in [0.25, 0.3) is 0 Å². The van der Waals surface area contributed by atoms with Gasteiger partial charge in [0.2, 0.25) is 5.91 Å². The quantitative estimate of drug-likeness (QED) is 0.403. The number of rotatable bonds is 10. The van der Waals surface area contributed by atoms with Crippen LogP contribution in [0.1, 0.15) is 40.0 Å². The number of likely N-dealkylation sites (tertiary alicyclic amines) is 1. The van der Waals surface area contributed by atoms with Crippen LogP contribution in [0, 0.1) is 5.82 Å². The first-order chi connectivity index (χ1) is 16.9. The molecule has 4 rings (SSSR count). The molecule has 35 heavy (non-hydrogen) atoms. The molecular formula is C28H36FN3O3. The fourth-order valence-corrected chi connectivity index (χ4v) is 5.04. The molecule has 1 amide bonds. The van der Waals surface area contributed by atoms with E-state index in [1.807, 2.05) is 13.0 Å². The Morgan fingerprint density at radius 2 is 2.06 bits per heavy atom. The summed E-state index contributed by atoms with van der Waals surface area (Å²) >= 11 is 0. The minimum absolute atomic E-state index is 0.0713. The minimum Gasteiger partial charge on any atom is -0.494 e. The molecule has 0 radical (unpaired) electrons. The highest BCUT2D eigenvalue weighted by Gasteiger charge is 2.19. The van der Waals surface area contributed by atoms with Gasteiger partial charge in [-0.2, -0.15) is 0 Å². The first kappa shape index (κ1) is 25.0. The van der Waals surface area contributed by atoms with Crippen molar-refractivity contribution in [1.82, 2.24) is 14.8 Å². The summed E-state index contributed by atoms with van der Waals surface area (Å²) in [6, 6.07) is 13.7. The summed E-state index contributed by atoms with van der Waals surface area (Å²) in [5.74, 6) is 0.565. The van der Waals surface area contributed by atoms with Crippen molar-refractivity contribution in [3.8, 4) is 22.8 Å². The lowest BCUT2D eigenvalue weighted by Crippen LogP contribution is -2.34. The molecule has 1 saturated heterocycles. The Hall–Kier alpha value is -3.06. The van der Waals surface area contributed by atoms with Gasteiger partial charge in [0.05, 0.1) is 13.7 Å². The van der Waals surface area contributed by atoms with Gasteiger partial charge >= 0.3 is 0 Å². The highest BCUT2D eigenvalue weighted by Crippen LogP contribution is 2.33. The molecule has 1 fully saturated rings. The van der Waals surface area contributed by atoms with Crippen LogP contribution in [0.15, 0.2) is 42.5 Å². The van der Waals surface area contributed by atoms with Crippen molar-refractivity contribution >= 4 is 16.8 Å². The molecule has 2 atom stereocenters. The van der Waals surface area contributed by atoms with Gasteiger partial charge in [-0.1, -0.05) is 0 Å². The Morgan fingerprint density at radius 1 is 1.23 bits per heavy atom. The van der Waals surface area contributed by atoms with E-state index in [2.05, 4.69) is 39.9 Å². The van der Waals surface area contributed by atoms with E-state index in [9.17, 15) is 9.18 Å². The number of carbonyl (C=O) groups is 1. The van der Waals surface area contributed by atoms with Gasteiger partial charge in [-0.05, 0) is 82.1 Å². The number of nitrogens with zero attached hydrogens (tertiary/aromatic N) is 2. The van der Waals surface area contributed by atoms with Gasteiger partial charge in [0, 0.05) is 54.3 Å². The number of amides is 1. The number of ether oxygens (including phenoxy) is 2. The van der Waals surface area contributed by atoms with E-state index in [0.29, 0.717) is 19.2 Å². The van der Waals surface area contributed by atoms with E-state index in [-0.39, 0.29) is 17.7 Å². The van der Waals surface area contributed by atoms with Crippen LogP contribution < -0.4 is 14.8 Å². The van der Waals surface area contributed by atoms with E-state index in [1.54, 1.807) is 12.1 Å². The lowest BCUT2D eigenvalue weighted by atomic mass is 10.1. The van der Waals surface area contributed by atoms with Crippen LogP contribution in [0.5, 0.6) is 11.5 Å². The molecule has 6 nitrogen and oxygen atoms in total. The number of nitrogens with one attached hydrogen (secondary N) is 1. The predicted octanol–water partition coefficient (Wildman–Crippen LogP) is 5.23. The first-order valence-corrected chi connectivity index (χ1v) is 12.5. The molecule has 7 heteroatoms. The average molecular weight is 482 g/mol. The van der Waals surface area contributed by atoms with Crippen molar-refractivity contribution in [3.63, 3.8) is 0 Å². The maximum absolute atomic E-state index is 14.1. The van der Waals surface area contributed by atoms with Crippen molar-refractivity contribution in [1.29, 1.82) is 0 Å². The zero-order valence-corrected chi connectivity index (χ0v) is 21.1. The third kappa shape index (κ3) is 5.96. The third-order valence-electron chi connectivity index (χ3n) is 6.77. The summed E-state index contributed by atoms with van der Waals surface area (Å²) in [6.45, 7) is 9.30. The molecule has 0 aliphatic carbocycles. The largest absolute Gasteiger partial charge is 0.494 e. The maximum atomic E-state index is 14.1. The van der Waals surface area contributed by atoms with Gasteiger partial charge in [-0.3, -0.25) is 4.79 Å². The van der Waals surface area contributed by atoms with E-state index in [1.165, 1.54) is 39.5 Å². The van der Waals surface area contributed by atoms with Crippen molar-refractivity contribution in [2.75, 3.05) is 26.8 Å². The van der Waals surface area contributed by atoms with Crippen LogP contribution in [-0.4, -0.2) is 54.3 Å². The fourth-order valence-electron chi connectivity index (χ4n) is 5.04. The molecule has 188 valence electrons. The summed E-state index contributed by atoms with van der Waals surface area (Å²) in [4.78, 5) is 14.1. The predicted molar refractivity (Wildman–Crippen MR) is 138 cm³/mol. The van der Waals surface area contributed by atoms with Crippen molar-refractivity contribution in [2.45, 2.75) is 58.7 Å². The van der Waals surface area contributed by atoms with E-state index >= 15 is 0 Å². The highest BCUT2D eigenvalue weighted by molar-refractivity contribution is 5.88. The monoisotopic (exact) mass is 481 g/mol. The van der Waals surface area contributed by atoms with Gasteiger partial charge in [-0.15, -0.1) is 0 Å². The Balaban J connectivity index is 1.57. The SMILES string of the molecule is COc1cc(-c2cc3cc(OCCCN4CCC[C@H]4C)ccc3n2CC(C)NC(C)=O)ccc1F. The number of halogens is 1. The Kier molecular flexibility index (Phi) is 7.96. The number of hydrogen-bond acceptors (Lipinski definition) is 4. The number of benzene rings is 2. The van der Waals surface area contributed by atoms with Gasteiger partial charge in [-0.25, -0.2) is 4.39 Å². The summed E-state index contributed by atoms with van der Waals surface area (Å²) < 4.78 is 27.5. The average Bonchev–Trinajstić information content (AvgIpc) is 3.39. The minimum atomic E-state index is -0.399. The lowest BCUT2D eigenvalue weighted by molar-refractivity contribution is -0.119. The second kappa shape index (κ2) is 11.1. The van der Waals surface area contributed by atoms with Gasteiger partial charge in [0.15, 0.2) is 11.6 Å². The normalized spacial score (nSPS) is 17.0. The smallest absolute Gasteiger partial charge is 0.217 e. The summed E-state index contributed by atoms with van der Waals surface area (Å²) in [6.07, 6.45) is 3.58. The Morgan fingerprint density at radius 3 is 2.77 bits per heavy atom. The zero-order valence-electron chi connectivity index (χ0n) is 21.1. The zero-order chi connectivity index (χ0) is 24.9. The number of hydrogen-bond donors (Lipinski definition) is 1. The Labute approximate surface area is 207 Å². The fraction of sp³-hybridized carbons (Fsp3) is 0.464. The molecule has 3 aromatic rings. The summed E-state index contributed by atoms with van der Waals surface area (Å²) in [7, 11) is 1.46. The standard InChI is InChI=1S/C28H36FN3O3/c1-19(30-21(3)33)18-32-26-11-9-24(35-14-6-13-31-12-5-7-20(31)2)15-23(26)16-27(32)22-8-10-25(29)28(17-22)34-4/h8-11,15-17,19-20H,5-7,12-14,18H2,1-4H3,(H,30,33)/t19?,20-/m1/s1. The molecule has 1 aromatic heterocycles. The van der Waals surface area contributed by atoms with Crippen LogP contribution in [-0.2, 0) is 11.3 Å². The number of methoxy groups -OCH3 is 1. The summed E-state index contributed by atoms with van der Waals surface area (Å²) in [5.41, 5.74) is 2.80.